The molecule has 0 unspecified atom stereocenters. The monoisotopic (exact) mass is 334 g/mol. The van der Waals surface area contributed by atoms with E-state index in [0.717, 1.165) is 17.1 Å². The second kappa shape index (κ2) is 8.38. The lowest BCUT2D eigenvalue weighted by Gasteiger charge is -2.14. The third-order valence-corrected chi connectivity index (χ3v) is 4.15. The molecule has 0 radical (unpaired) electrons. The predicted octanol–water partition coefficient (Wildman–Crippen LogP) is 3.05. The van der Waals surface area contributed by atoms with E-state index in [2.05, 4.69) is 20.6 Å². The molecular formula is C16H22N4O2S. The lowest BCUT2D eigenvalue weighted by molar-refractivity contribution is 0.311. The van der Waals surface area contributed by atoms with Gasteiger partial charge in [0.05, 0.1) is 31.5 Å². The molecule has 0 amide bonds. The van der Waals surface area contributed by atoms with Crippen molar-refractivity contribution in [3.8, 4) is 11.5 Å². The topological polar surface area (TPSA) is 67.8 Å². The number of nitrogens with one attached hydrogen (secondary N) is 2. The second-order valence-corrected chi connectivity index (χ2v) is 5.65. The fraction of sp³-hybridized carbons (Fsp3) is 0.375. The van der Waals surface area contributed by atoms with Crippen LogP contribution in [0, 0.1) is 6.92 Å². The van der Waals surface area contributed by atoms with E-state index in [-0.39, 0.29) is 0 Å². The Kier molecular flexibility index (Phi) is 6.22. The van der Waals surface area contributed by atoms with Gasteiger partial charge in [-0.3, -0.25) is 4.99 Å². The SMILES string of the molecule is CCOc1ccc(NC(=NC)NCc2scnc2C)cc1OC. The summed E-state index contributed by atoms with van der Waals surface area (Å²) in [5.74, 6) is 2.10. The minimum absolute atomic E-state index is 0.598. The fourth-order valence-electron chi connectivity index (χ4n) is 2.00. The van der Waals surface area contributed by atoms with Crippen molar-refractivity contribution < 1.29 is 9.47 Å². The van der Waals surface area contributed by atoms with Crippen LogP contribution in [0.3, 0.4) is 0 Å². The summed E-state index contributed by atoms with van der Waals surface area (Å²) in [4.78, 5) is 9.67. The molecule has 124 valence electrons. The summed E-state index contributed by atoms with van der Waals surface area (Å²) >= 11 is 1.63. The lowest BCUT2D eigenvalue weighted by Crippen LogP contribution is -2.30. The Bertz CT molecular complexity index is 670. The van der Waals surface area contributed by atoms with Crippen molar-refractivity contribution in [3.63, 3.8) is 0 Å². The molecule has 1 heterocycles. The van der Waals surface area contributed by atoms with Gasteiger partial charge in [-0.2, -0.15) is 0 Å². The van der Waals surface area contributed by atoms with E-state index < -0.39 is 0 Å². The molecule has 0 aliphatic carbocycles. The first-order chi connectivity index (χ1) is 11.2. The molecule has 0 aliphatic heterocycles. The second-order valence-electron chi connectivity index (χ2n) is 4.71. The number of rotatable bonds is 6. The molecule has 2 rings (SSSR count). The standard InChI is InChI=1S/C16H22N4O2S/c1-5-22-13-7-6-12(8-14(13)21-4)20-16(17-3)18-9-15-11(2)19-10-23-15/h6-8,10H,5,9H2,1-4H3,(H2,17,18,20). The van der Waals surface area contributed by atoms with Gasteiger partial charge in [-0.15, -0.1) is 11.3 Å². The first-order valence-corrected chi connectivity index (χ1v) is 8.23. The molecule has 0 atom stereocenters. The summed E-state index contributed by atoms with van der Waals surface area (Å²) in [6.45, 7) is 5.23. The highest BCUT2D eigenvalue weighted by atomic mass is 32.1. The number of benzene rings is 1. The normalized spacial score (nSPS) is 11.2. The van der Waals surface area contributed by atoms with Gasteiger partial charge in [0.2, 0.25) is 0 Å². The maximum atomic E-state index is 5.52. The number of aliphatic imine (C=N–C) groups is 1. The van der Waals surface area contributed by atoms with Crippen LogP contribution < -0.4 is 20.1 Å². The summed E-state index contributed by atoms with van der Waals surface area (Å²) in [5.41, 5.74) is 3.76. The van der Waals surface area contributed by atoms with E-state index in [0.29, 0.717) is 24.9 Å². The number of methoxy groups -OCH3 is 1. The van der Waals surface area contributed by atoms with E-state index in [1.165, 1.54) is 4.88 Å². The molecule has 1 aromatic heterocycles. The molecule has 1 aromatic carbocycles. The Labute approximate surface area is 140 Å². The molecule has 0 saturated carbocycles. The van der Waals surface area contributed by atoms with E-state index in [4.69, 9.17) is 9.47 Å². The average molecular weight is 334 g/mol. The minimum Gasteiger partial charge on any atom is -0.493 e. The molecule has 0 saturated heterocycles. The number of nitrogens with zero attached hydrogens (tertiary/aromatic N) is 2. The van der Waals surface area contributed by atoms with Crippen molar-refractivity contribution >= 4 is 23.0 Å². The molecule has 6 nitrogen and oxygen atoms in total. The summed E-state index contributed by atoms with van der Waals surface area (Å²) in [5, 5.41) is 6.52. The molecule has 0 aliphatic rings. The van der Waals surface area contributed by atoms with Gasteiger partial charge >= 0.3 is 0 Å². The summed E-state index contributed by atoms with van der Waals surface area (Å²) in [7, 11) is 3.36. The van der Waals surface area contributed by atoms with Crippen molar-refractivity contribution in [1.29, 1.82) is 0 Å². The van der Waals surface area contributed by atoms with Crippen LogP contribution in [0.1, 0.15) is 17.5 Å². The highest BCUT2D eigenvalue weighted by molar-refractivity contribution is 7.09. The lowest BCUT2D eigenvalue weighted by atomic mass is 10.2. The molecule has 0 spiro atoms. The van der Waals surface area contributed by atoms with Gasteiger partial charge in [-0.25, -0.2) is 4.98 Å². The van der Waals surface area contributed by atoms with Gasteiger partial charge in [0.1, 0.15) is 0 Å². The molecule has 0 fully saturated rings. The first-order valence-electron chi connectivity index (χ1n) is 7.35. The van der Waals surface area contributed by atoms with Crippen molar-refractivity contribution in [3.05, 3.63) is 34.3 Å². The van der Waals surface area contributed by atoms with E-state index in [9.17, 15) is 0 Å². The van der Waals surface area contributed by atoms with Crippen molar-refractivity contribution in [2.24, 2.45) is 4.99 Å². The van der Waals surface area contributed by atoms with E-state index in [1.807, 2.05) is 37.6 Å². The van der Waals surface area contributed by atoms with Gasteiger partial charge in [0.25, 0.3) is 0 Å². The fourth-order valence-corrected chi connectivity index (χ4v) is 2.71. The van der Waals surface area contributed by atoms with Crippen LogP contribution >= 0.6 is 11.3 Å². The molecular weight excluding hydrogens is 312 g/mol. The van der Waals surface area contributed by atoms with Crippen LogP contribution in [-0.2, 0) is 6.54 Å². The Balaban J connectivity index is 2.02. The van der Waals surface area contributed by atoms with Gasteiger partial charge in [-0.1, -0.05) is 0 Å². The van der Waals surface area contributed by atoms with E-state index in [1.54, 1.807) is 25.5 Å². The van der Waals surface area contributed by atoms with Crippen LogP contribution in [0.2, 0.25) is 0 Å². The van der Waals surface area contributed by atoms with Crippen molar-refractivity contribution in [1.82, 2.24) is 10.3 Å². The number of hydrogen-bond acceptors (Lipinski definition) is 5. The highest BCUT2D eigenvalue weighted by Gasteiger charge is 2.08. The van der Waals surface area contributed by atoms with Gasteiger partial charge < -0.3 is 20.1 Å². The number of anilines is 1. The summed E-state index contributed by atoms with van der Waals surface area (Å²) in [6, 6.07) is 5.69. The van der Waals surface area contributed by atoms with Crippen LogP contribution in [0.25, 0.3) is 0 Å². The zero-order chi connectivity index (χ0) is 16.7. The van der Waals surface area contributed by atoms with Gasteiger partial charge in [0.15, 0.2) is 17.5 Å². The van der Waals surface area contributed by atoms with Crippen LogP contribution in [0.15, 0.2) is 28.7 Å². The summed E-state index contributed by atoms with van der Waals surface area (Å²) in [6.07, 6.45) is 0. The smallest absolute Gasteiger partial charge is 0.195 e. The number of thiazole rings is 1. The van der Waals surface area contributed by atoms with Crippen LogP contribution in [-0.4, -0.2) is 31.7 Å². The third kappa shape index (κ3) is 4.59. The molecule has 7 heteroatoms. The van der Waals surface area contributed by atoms with Crippen LogP contribution in [0.4, 0.5) is 5.69 Å². The van der Waals surface area contributed by atoms with Gasteiger partial charge in [0, 0.05) is 23.7 Å². The van der Waals surface area contributed by atoms with E-state index >= 15 is 0 Å². The Morgan fingerprint density at radius 1 is 1.35 bits per heavy atom. The molecule has 23 heavy (non-hydrogen) atoms. The average Bonchev–Trinajstić information content (AvgIpc) is 2.98. The Morgan fingerprint density at radius 2 is 2.17 bits per heavy atom. The van der Waals surface area contributed by atoms with Gasteiger partial charge in [-0.05, 0) is 26.0 Å². The number of ether oxygens (including phenoxy) is 2. The maximum absolute atomic E-state index is 5.52. The largest absolute Gasteiger partial charge is 0.493 e. The zero-order valence-electron chi connectivity index (χ0n) is 13.8. The van der Waals surface area contributed by atoms with Crippen molar-refractivity contribution in [2.45, 2.75) is 20.4 Å². The molecule has 0 bridgehead atoms. The Hall–Kier alpha value is -2.28. The number of aromatic nitrogens is 1. The molecule has 2 aromatic rings. The molecule has 2 N–H and O–H groups in total. The first kappa shape index (κ1) is 17.1. The zero-order valence-corrected chi connectivity index (χ0v) is 14.7. The maximum Gasteiger partial charge on any atom is 0.195 e. The van der Waals surface area contributed by atoms with Crippen molar-refractivity contribution in [2.75, 3.05) is 26.1 Å². The number of hydrogen-bond donors (Lipinski definition) is 2. The number of guanidine groups is 1. The Morgan fingerprint density at radius 3 is 2.78 bits per heavy atom. The minimum atomic E-state index is 0.598. The van der Waals surface area contributed by atoms with Crippen LogP contribution in [0.5, 0.6) is 11.5 Å². The highest BCUT2D eigenvalue weighted by Crippen LogP contribution is 2.30. The quantitative estimate of drug-likeness (QED) is 0.628. The predicted molar refractivity (Wildman–Crippen MR) is 94.8 cm³/mol. The summed E-state index contributed by atoms with van der Waals surface area (Å²) < 4.78 is 10.9. The third-order valence-electron chi connectivity index (χ3n) is 3.21. The number of aryl methyl sites for hydroxylation is 1.